The van der Waals surface area contributed by atoms with E-state index in [1.807, 2.05) is 0 Å². The highest BCUT2D eigenvalue weighted by molar-refractivity contribution is 9.10. The van der Waals surface area contributed by atoms with Crippen LogP contribution in [0.4, 0.5) is 5.69 Å². The summed E-state index contributed by atoms with van der Waals surface area (Å²) >= 11 is 9.19. The average Bonchev–Trinajstić information content (AvgIpc) is 2.79. The summed E-state index contributed by atoms with van der Waals surface area (Å²) in [6.45, 7) is 1.52. The molecule has 1 atom stereocenters. The van der Waals surface area contributed by atoms with Crippen molar-refractivity contribution in [1.82, 2.24) is 0 Å². The van der Waals surface area contributed by atoms with Gasteiger partial charge in [0.05, 0.1) is 10.7 Å². The molecule has 1 heterocycles. The van der Waals surface area contributed by atoms with E-state index in [0.29, 0.717) is 15.4 Å². The minimum atomic E-state index is -1.41. The maximum absolute atomic E-state index is 11.6. The number of furan rings is 1. The number of hydrogen-bond donors (Lipinski definition) is 2. The average molecular weight is 345 g/mol. The first kappa shape index (κ1) is 14.0. The Balaban J connectivity index is 2.41. The van der Waals surface area contributed by atoms with Crippen LogP contribution in [-0.2, 0) is 10.3 Å². The van der Waals surface area contributed by atoms with Crippen LogP contribution < -0.4 is 5.32 Å². The van der Waals surface area contributed by atoms with Crippen LogP contribution in [0.1, 0.15) is 12.7 Å². The lowest BCUT2D eigenvalue weighted by Crippen LogP contribution is -2.40. The summed E-state index contributed by atoms with van der Waals surface area (Å²) in [6, 6.07) is 10.2. The second-order valence-electron chi connectivity index (χ2n) is 4.14. The molecule has 2 aromatic rings. The number of carboxylic acid groups (broad SMARTS) is 1. The quantitative estimate of drug-likeness (QED) is 0.876. The molecule has 6 heteroatoms. The largest absolute Gasteiger partial charge is 0.479 e. The molecule has 1 unspecified atom stereocenters. The Morgan fingerprint density at radius 1 is 1.37 bits per heavy atom. The van der Waals surface area contributed by atoms with Crippen molar-refractivity contribution >= 4 is 39.2 Å². The van der Waals surface area contributed by atoms with Crippen LogP contribution in [0.5, 0.6) is 0 Å². The van der Waals surface area contributed by atoms with E-state index in [4.69, 9.17) is 16.0 Å². The first-order valence-electron chi connectivity index (χ1n) is 5.45. The van der Waals surface area contributed by atoms with Gasteiger partial charge in [-0.3, -0.25) is 0 Å². The molecule has 1 aromatic heterocycles. The van der Waals surface area contributed by atoms with Gasteiger partial charge in [0, 0.05) is 0 Å². The van der Waals surface area contributed by atoms with E-state index in [-0.39, 0.29) is 5.76 Å². The third kappa shape index (κ3) is 2.77. The topological polar surface area (TPSA) is 62.5 Å². The molecule has 2 rings (SSSR count). The highest BCUT2D eigenvalue weighted by Gasteiger charge is 2.39. The summed E-state index contributed by atoms with van der Waals surface area (Å²) in [7, 11) is 0. The normalized spacial score (nSPS) is 13.8. The molecule has 0 aliphatic heterocycles. The molecule has 0 saturated heterocycles. The maximum atomic E-state index is 11.6. The van der Waals surface area contributed by atoms with Crippen molar-refractivity contribution in [1.29, 1.82) is 0 Å². The lowest BCUT2D eigenvalue weighted by Gasteiger charge is -2.25. The van der Waals surface area contributed by atoms with E-state index in [9.17, 15) is 9.90 Å². The van der Waals surface area contributed by atoms with Gasteiger partial charge in [0.2, 0.25) is 0 Å². The highest BCUT2D eigenvalue weighted by atomic mass is 79.9. The Kier molecular flexibility index (Phi) is 3.87. The molecule has 0 aliphatic rings. The number of aliphatic carboxylic acids is 1. The third-order valence-electron chi connectivity index (χ3n) is 2.75. The van der Waals surface area contributed by atoms with E-state index in [2.05, 4.69) is 21.2 Å². The van der Waals surface area contributed by atoms with Crippen molar-refractivity contribution in [2.75, 3.05) is 5.32 Å². The number of benzene rings is 1. The van der Waals surface area contributed by atoms with Gasteiger partial charge in [0.25, 0.3) is 0 Å². The molecular formula is C13H11BrClNO3. The van der Waals surface area contributed by atoms with Crippen LogP contribution in [0.2, 0.25) is 5.02 Å². The SMILES string of the molecule is CC(Nc1ccccc1Cl)(C(=O)O)c1ccc(Br)o1. The predicted octanol–water partition coefficient (Wildman–Crippen LogP) is 4.11. The van der Waals surface area contributed by atoms with E-state index < -0.39 is 11.5 Å². The summed E-state index contributed by atoms with van der Waals surface area (Å²) in [5.41, 5.74) is -0.876. The van der Waals surface area contributed by atoms with E-state index in [1.165, 1.54) is 6.92 Å². The molecule has 19 heavy (non-hydrogen) atoms. The van der Waals surface area contributed by atoms with Crippen molar-refractivity contribution in [3.63, 3.8) is 0 Å². The summed E-state index contributed by atoms with van der Waals surface area (Å²) in [4.78, 5) is 11.6. The molecule has 100 valence electrons. The van der Waals surface area contributed by atoms with Crippen LogP contribution in [0.15, 0.2) is 45.5 Å². The summed E-state index contributed by atoms with van der Waals surface area (Å²) in [5.74, 6) is -0.777. The van der Waals surface area contributed by atoms with Crippen molar-refractivity contribution in [3.05, 3.63) is 51.9 Å². The lowest BCUT2D eigenvalue weighted by molar-refractivity contribution is -0.142. The molecule has 0 radical (unpaired) electrons. The van der Waals surface area contributed by atoms with Crippen LogP contribution >= 0.6 is 27.5 Å². The standard InChI is InChI=1S/C13H11BrClNO3/c1-13(12(17)18,10-6-7-11(14)19-10)16-9-5-3-2-4-8(9)15/h2-7,16H,1H3,(H,17,18). The molecule has 0 fully saturated rings. The summed E-state index contributed by atoms with van der Waals surface area (Å²) < 4.78 is 5.82. The van der Waals surface area contributed by atoms with Crippen molar-refractivity contribution in [3.8, 4) is 0 Å². The van der Waals surface area contributed by atoms with Gasteiger partial charge < -0.3 is 14.8 Å². The van der Waals surface area contributed by atoms with Gasteiger partial charge in [-0.05, 0) is 47.1 Å². The number of carbonyl (C=O) groups is 1. The monoisotopic (exact) mass is 343 g/mol. The molecule has 0 saturated carbocycles. The second-order valence-corrected chi connectivity index (χ2v) is 5.33. The highest BCUT2D eigenvalue weighted by Crippen LogP contribution is 2.32. The van der Waals surface area contributed by atoms with Crippen molar-refractivity contribution < 1.29 is 14.3 Å². The second kappa shape index (κ2) is 5.27. The maximum Gasteiger partial charge on any atom is 0.337 e. The Hall–Kier alpha value is -1.46. The summed E-state index contributed by atoms with van der Waals surface area (Å²) in [5, 5.41) is 12.8. The zero-order chi connectivity index (χ0) is 14.0. The minimum absolute atomic E-state index is 0.284. The number of anilines is 1. The van der Waals surface area contributed by atoms with E-state index >= 15 is 0 Å². The lowest BCUT2D eigenvalue weighted by atomic mass is 9.98. The Morgan fingerprint density at radius 2 is 2.05 bits per heavy atom. The number of para-hydroxylation sites is 1. The fourth-order valence-electron chi connectivity index (χ4n) is 1.64. The fourth-order valence-corrected chi connectivity index (χ4v) is 2.12. The van der Waals surface area contributed by atoms with Crippen LogP contribution in [0, 0.1) is 0 Å². The molecule has 0 spiro atoms. The number of nitrogens with one attached hydrogen (secondary N) is 1. The molecule has 0 amide bonds. The first-order valence-corrected chi connectivity index (χ1v) is 6.62. The van der Waals surface area contributed by atoms with Crippen molar-refractivity contribution in [2.24, 2.45) is 0 Å². The molecule has 0 aliphatic carbocycles. The van der Waals surface area contributed by atoms with Gasteiger partial charge in [-0.25, -0.2) is 4.79 Å². The van der Waals surface area contributed by atoms with Gasteiger partial charge in [-0.2, -0.15) is 0 Å². The molecule has 1 aromatic carbocycles. The van der Waals surface area contributed by atoms with Crippen LogP contribution in [0.3, 0.4) is 0 Å². The summed E-state index contributed by atoms with van der Waals surface area (Å²) in [6.07, 6.45) is 0. The van der Waals surface area contributed by atoms with E-state index in [1.54, 1.807) is 36.4 Å². The third-order valence-corrected chi connectivity index (χ3v) is 3.51. The smallest absolute Gasteiger partial charge is 0.337 e. The van der Waals surface area contributed by atoms with Gasteiger partial charge in [0.15, 0.2) is 10.2 Å². The Labute approximate surface area is 123 Å². The number of halogens is 2. The fraction of sp³-hybridized carbons (Fsp3) is 0.154. The zero-order valence-electron chi connectivity index (χ0n) is 9.98. The van der Waals surface area contributed by atoms with Crippen LogP contribution in [-0.4, -0.2) is 11.1 Å². The first-order chi connectivity index (χ1) is 8.93. The van der Waals surface area contributed by atoms with Crippen LogP contribution in [0.25, 0.3) is 0 Å². The van der Waals surface area contributed by atoms with Gasteiger partial charge in [-0.15, -0.1) is 0 Å². The molecule has 4 nitrogen and oxygen atoms in total. The molecular weight excluding hydrogens is 334 g/mol. The van der Waals surface area contributed by atoms with Gasteiger partial charge in [-0.1, -0.05) is 23.7 Å². The van der Waals surface area contributed by atoms with Gasteiger partial charge >= 0.3 is 5.97 Å². The predicted molar refractivity (Wildman–Crippen MR) is 76.5 cm³/mol. The Bertz CT molecular complexity index is 613. The molecule has 0 bridgehead atoms. The number of hydrogen-bond acceptors (Lipinski definition) is 3. The number of carboxylic acids is 1. The van der Waals surface area contributed by atoms with Gasteiger partial charge in [0.1, 0.15) is 5.76 Å². The van der Waals surface area contributed by atoms with E-state index in [0.717, 1.165) is 0 Å². The van der Waals surface area contributed by atoms with Crippen molar-refractivity contribution in [2.45, 2.75) is 12.5 Å². The number of rotatable bonds is 4. The Morgan fingerprint density at radius 3 is 2.58 bits per heavy atom. The molecule has 2 N–H and O–H groups in total. The zero-order valence-corrected chi connectivity index (χ0v) is 12.3. The minimum Gasteiger partial charge on any atom is -0.479 e.